The van der Waals surface area contributed by atoms with E-state index in [1.807, 2.05) is 31.2 Å². The molecule has 0 radical (unpaired) electrons. The second-order valence-corrected chi connectivity index (χ2v) is 4.77. The van der Waals surface area contributed by atoms with Crippen molar-refractivity contribution in [1.82, 2.24) is 0 Å². The van der Waals surface area contributed by atoms with E-state index in [9.17, 15) is 9.90 Å². The van der Waals surface area contributed by atoms with E-state index >= 15 is 0 Å². The minimum atomic E-state index is -0.745. The van der Waals surface area contributed by atoms with Crippen molar-refractivity contribution in [2.45, 2.75) is 39.7 Å². The third-order valence-electron chi connectivity index (χ3n) is 3.12. The van der Waals surface area contributed by atoms with Crippen molar-refractivity contribution < 1.29 is 15.0 Å². The van der Waals surface area contributed by atoms with Crippen molar-refractivity contribution in [2.24, 2.45) is 5.41 Å². The number of carbonyl (C=O) groups is 1. The SMILES string of the molecule is CCCC(C)(Cc1ccc(CO)cc1)C(=O)O. The summed E-state index contributed by atoms with van der Waals surface area (Å²) in [5, 5.41) is 18.2. The Morgan fingerprint density at radius 3 is 2.18 bits per heavy atom. The van der Waals surface area contributed by atoms with Crippen molar-refractivity contribution >= 4 is 5.97 Å². The molecule has 0 saturated heterocycles. The molecule has 3 nitrogen and oxygen atoms in total. The Hall–Kier alpha value is -1.35. The van der Waals surface area contributed by atoms with Gasteiger partial charge in [0.1, 0.15) is 0 Å². The molecule has 0 spiro atoms. The first kappa shape index (κ1) is 13.7. The summed E-state index contributed by atoms with van der Waals surface area (Å²) < 4.78 is 0. The Kier molecular flexibility index (Phi) is 4.70. The molecule has 1 aromatic carbocycles. The van der Waals surface area contributed by atoms with Crippen LogP contribution in [0.4, 0.5) is 0 Å². The van der Waals surface area contributed by atoms with Crippen LogP contribution in [0.5, 0.6) is 0 Å². The lowest BCUT2D eigenvalue weighted by molar-refractivity contribution is -0.148. The molecule has 1 aromatic rings. The summed E-state index contributed by atoms with van der Waals surface area (Å²) in [6, 6.07) is 7.46. The van der Waals surface area contributed by atoms with E-state index in [1.54, 1.807) is 6.92 Å². The van der Waals surface area contributed by atoms with Crippen LogP contribution in [-0.2, 0) is 17.8 Å². The maximum absolute atomic E-state index is 11.3. The molecule has 94 valence electrons. The van der Waals surface area contributed by atoms with Crippen molar-refractivity contribution in [3.63, 3.8) is 0 Å². The van der Waals surface area contributed by atoms with Gasteiger partial charge in [0.2, 0.25) is 0 Å². The second kappa shape index (κ2) is 5.82. The number of aliphatic hydroxyl groups excluding tert-OH is 1. The molecule has 0 fully saturated rings. The zero-order valence-corrected chi connectivity index (χ0v) is 10.4. The van der Waals surface area contributed by atoms with Crippen LogP contribution < -0.4 is 0 Å². The summed E-state index contributed by atoms with van der Waals surface area (Å²) >= 11 is 0. The zero-order chi connectivity index (χ0) is 12.9. The summed E-state index contributed by atoms with van der Waals surface area (Å²) in [7, 11) is 0. The molecule has 1 unspecified atom stereocenters. The standard InChI is InChI=1S/C14H20O3/c1-3-8-14(2,13(16)17)9-11-4-6-12(10-15)7-5-11/h4-7,15H,3,8-10H2,1-2H3,(H,16,17). The lowest BCUT2D eigenvalue weighted by Gasteiger charge is -2.24. The molecule has 2 N–H and O–H groups in total. The molecule has 0 aliphatic rings. The smallest absolute Gasteiger partial charge is 0.309 e. The normalized spacial score (nSPS) is 14.3. The molecule has 3 heteroatoms. The van der Waals surface area contributed by atoms with Gasteiger partial charge in [-0.3, -0.25) is 4.79 Å². The minimum Gasteiger partial charge on any atom is -0.481 e. The Labute approximate surface area is 102 Å². The number of hydrogen-bond donors (Lipinski definition) is 2. The fourth-order valence-electron chi connectivity index (χ4n) is 2.04. The Morgan fingerprint density at radius 1 is 1.24 bits per heavy atom. The van der Waals surface area contributed by atoms with E-state index in [0.29, 0.717) is 12.8 Å². The summed E-state index contributed by atoms with van der Waals surface area (Å²) in [6.07, 6.45) is 2.06. The monoisotopic (exact) mass is 236 g/mol. The van der Waals surface area contributed by atoms with E-state index < -0.39 is 11.4 Å². The predicted molar refractivity (Wildman–Crippen MR) is 66.7 cm³/mol. The maximum Gasteiger partial charge on any atom is 0.309 e. The van der Waals surface area contributed by atoms with Crippen LogP contribution in [0.15, 0.2) is 24.3 Å². The Bertz CT molecular complexity index is 370. The van der Waals surface area contributed by atoms with Gasteiger partial charge >= 0.3 is 5.97 Å². The molecule has 0 saturated carbocycles. The van der Waals surface area contributed by atoms with Crippen molar-refractivity contribution in [1.29, 1.82) is 0 Å². The number of carboxylic acid groups (broad SMARTS) is 1. The lowest BCUT2D eigenvalue weighted by atomic mass is 9.80. The van der Waals surface area contributed by atoms with Gasteiger partial charge in [-0.1, -0.05) is 37.6 Å². The lowest BCUT2D eigenvalue weighted by Crippen LogP contribution is -2.29. The minimum absolute atomic E-state index is 0.0193. The van der Waals surface area contributed by atoms with Crippen LogP contribution in [0, 0.1) is 5.41 Å². The van der Waals surface area contributed by atoms with Gasteiger partial charge < -0.3 is 10.2 Å². The van der Waals surface area contributed by atoms with Gasteiger partial charge in [-0.2, -0.15) is 0 Å². The molecule has 1 rings (SSSR count). The summed E-state index contributed by atoms with van der Waals surface area (Å²) in [5.74, 6) is -0.745. The number of aliphatic carboxylic acids is 1. The molecule has 0 aromatic heterocycles. The molecule has 0 amide bonds. The second-order valence-electron chi connectivity index (χ2n) is 4.77. The number of rotatable bonds is 6. The zero-order valence-electron chi connectivity index (χ0n) is 10.4. The Morgan fingerprint density at radius 2 is 1.76 bits per heavy atom. The molecule has 17 heavy (non-hydrogen) atoms. The van der Waals surface area contributed by atoms with Crippen molar-refractivity contribution in [2.75, 3.05) is 0 Å². The quantitative estimate of drug-likeness (QED) is 0.798. The molecular formula is C14H20O3. The third-order valence-corrected chi connectivity index (χ3v) is 3.12. The Balaban J connectivity index is 2.82. The molecule has 0 bridgehead atoms. The van der Waals surface area contributed by atoms with Gasteiger partial charge in [0.25, 0.3) is 0 Å². The van der Waals surface area contributed by atoms with E-state index in [1.165, 1.54) is 0 Å². The van der Waals surface area contributed by atoms with E-state index in [2.05, 4.69) is 0 Å². The summed E-state index contributed by atoms with van der Waals surface area (Å²) in [6.45, 7) is 3.81. The number of carboxylic acids is 1. The van der Waals surface area contributed by atoms with Crippen LogP contribution in [-0.4, -0.2) is 16.2 Å². The molecule has 1 atom stereocenters. The van der Waals surface area contributed by atoms with Gasteiger partial charge in [-0.15, -0.1) is 0 Å². The topological polar surface area (TPSA) is 57.5 Å². The van der Waals surface area contributed by atoms with Gasteiger partial charge in [0.05, 0.1) is 12.0 Å². The number of hydrogen-bond acceptors (Lipinski definition) is 2. The average molecular weight is 236 g/mol. The molecule has 0 aliphatic heterocycles. The van der Waals surface area contributed by atoms with Gasteiger partial charge in [-0.05, 0) is 30.9 Å². The largest absolute Gasteiger partial charge is 0.481 e. The predicted octanol–water partition coefficient (Wildman–Crippen LogP) is 2.61. The maximum atomic E-state index is 11.3. The van der Waals surface area contributed by atoms with Crippen LogP contribution in [0.1, 0.15) is 37.8 Å². The van der Waals surface area contributed by atoms with Gasteiger partial charge in [0.15, 0.2) is 0 Å². The third kappa shape index (κ3) is 3.56. The van der Waals surface area contributed by atoms with E-state index in [-0.39, 0.29) is 6.61 Å². The highest BCUT2D eigenvalue weighted by Gasteiger charge is 2.32. The first-order chi connectivity index (χ1) is 8.01. The van der Waals surface area contributed by atoms with E-state index in [4.69, 9.17) is 5.11 Å². The highest BCUT2D eigenvalue weighted by atomic mass is 16.4. The first-order valence-electron chi connectivity index (χ1n) is 5.94. The summed E-state index contributed by atoms with van der Waals surface area (Å²) in [5.41, 5.74) is 1.15. The van der Waals surface area contributed by atoms with E-state index in [0.717, 1.165) is 17.5 Å². The van der Waals surface area contributed by atoms with Crippen LogP contribution in [0.3, 0.4) is 0 Å². The highest BCUT2D eigenvalue weighted by molar-refractivity contribution is 5.74. The molecule has 0 aliphatic carbocycles. The van der Waals surface area contributed by atoms with Gasteiger partial charge in [0, 0.05) is 0 Å². The average Bonchev–Trinajstić information content (AvgIpc) is 2.30. The van der Waals surface area contributed by atoms with Crippen LogP contribution in [0.25, 0.3) is 0 Å². The van der Waals surface area contributed by atoms with Crippen LogP contribution >= 0.6 is 0 Å². The number of benzene rings is 1. The molecule has 0 heterocycles. The summed E-state index contributed by atoms with van der Waals surface area (Å²) in [4.78, 5) is 11.3. The number of aliphatic hydroxyl groups is 1. The van der Waals surface area contributed by atoms with Gasteiger partial charge in [-0.25, -0.2) is 0 Å². The first-order valence-corrected chi connectivity index (χ1v) is 5.94. The van der Waals surface area contributed by atoms with Crippen molar-refractivity contribution in [3.8, 4) is 0 Å². The van der Waals surface area contributed by atoms with Crippen molar-refractivity contribution in [3.05, 3.63) is 35.4 Å². The highest BCUT2D eigenvalue weighted by Crippen LogP contribution is 2.28. The fourth-order valence-corrected chi connectivity index (χ4v) is 2.04. The van der Waals surface area contributed by atoms with Crippen LogP contribution in [0.2, 0.25) is 0 Å². The molecular weight excluding hydrogens is 216 g/mol. The fraction of sp³-hybridized carbons (Fsp3) is 0.500.